The first-order valence-corrected chi connectivity index (χ1v) is 9.66. The molecule has 0 spiro atoms. The lowest BCUT2D eigenvalue weighted by Crippen LogP contribution is -2.62. The topological polar surface area (TPSA) is 74.6 Å². The molecule has 0 amide bonds. The molecule has 0 aromatic rings. The first kappa shape index (κ1) is 22.6. The summed E-state index contributed by atoms with van der Waals surface area (Å²) in [4.78, 5) is 23.2. The molecule has 2 atom stereocenters. The molecule has 0 aliphatic carbocycles. The Hall–Kier alpha value is -0.440. The van der Waals surface area contributed by atoms with Crippen LogP contribution >= 0.6 is 23.5 Å². The van der Waals surface area contributed by atoms with Crippen LogP contribution < -0.4 is 0 Å². The fraction of sp³-hybridized carbons (Fsp3) is 0.867. The summed E-state index contributed by atoms with van der Waals surface area (Å²) in [5.41, 5.74) is -1.75. The number of aliphatic carboxylic acids is 2. The molecule has 0 saturated carbocycles. The molecule has 0 aliphatic rings. The molecule has 0 fully saturated rings. The number of carboxylic acid groups (broad SMARTS) is 2. The minimum absolute atomic E-state index is 0.339. The van der Waals surface area contributed by atoms with Gasteiger partial charge in [0.15, 0.2) is 0 Å². The Kier molecular flexibility index (Phi) is 7.48. The quantitative estimate of drug-likeness (QED) is 0.346. The molecule has 0 saturated heterocycles. The van der Waals surface area contributed by atoms with E-state index < -0.39 is 23.0 Å². The summed E-state index contributed by atoms with van der Waals surface area (Å²) in [5, 5.41) is 19.7. The number of hydrogen-bond donors (Lipinski definition) is 2. The first-order chi connectivity index (χ1) is 10.1. The van der Waals surface area contributed by atoms with Gasteiger partial charge in [-0.25, -0.2) is 9.59 Å². The Morgan fingerprint density at radius 3 is 1.22 bits per heavy atom. The van der Waals surface area contributed by atoms with Gasteiger partial charge in [0.05, 0.1) is 53.8 Å². The zero-order chi connectivity index (χ0) is 18.7. The van der Waals surface area contributed by atoms with Crippen LogP contribution in [0.5, 0.6) is 0 Å². The Labute approximate surface area is 148 Å². The molecular weight excluding hydrogens is 336 g/mol. The molecule has 6 nitrogen and oxygen atoms in total. The molecule has 0 aromatic carbocycles. The van der Waals surface area contributed by atoms with Gasteiger partial charge in [0.2, 0.25) is 11.1 Å². The van der Waals surface area contributed by atoms with Crippen molar-refractivity contribution in [2.45, 2.75) is 24.9 Å². The highest BCUT2D eigenvalue weighted by molar-refractivity contribution is 8.16. The maximum Gasteiger partial charge on any atom is 0.366 e. The van der Waals surface area contributed by atoms with Crippen molar-refractivity contribution in [1.29, 1.82) is 0 Å². The van der Waals surface area contributed by atoms with Gasteiger partial charge in [-0.3, -0.25) is 0 Å². The summed E-state index contributed by atoms with van der Waals surface area (Å²) in [6.45, 7) is 3.50. The average Bonchev–Trinajstić information content (AvgIpc) is 2.34. The molecule has 0 aliphatic heterocycles. The van der Waals surface area contributed by atoms with E-state index in [0.29, 0.717) is 25.6 Å². The highest BCUT2D eigenvalue weighted by atomic mass is 32.2. The predicted octanol–water partition coefficient (Wildman–Crippen LogP) is 1.51. The van der Waals surface area contributed by atoms with Crippen LogP contribution in [0.1, 0.15) is 13.8 Å². The van der Waals surface area contributed by atoms with E-state index in [1.54, 1.807) is 37.4 Å². The number of nitrogens with zero attached hydrogens (tertiary/aromatic N) is 2. The van der Waals surface area contributed by atoms with Crippen molar-refractivity contribution in [2.24, 2.45) is 0 Å². The van der Waals surface area contributed by atoms with Crippen LogP contribution in [0, 0.1) is 0 Å². The summed E-state index contributed by atoms with van der Waals surface area (Å²) in [7, 11) is 11.3. The zero-order valence-corrected chi connectivity index (χ0v) is 17.2. The van der Waals surface area contributed by atoms with Crippen LogP contribution in [0.3, 0.4) is 0 Å². The van der Waals surface area contributed by atoms with E-state index in [1.165, 1.54) is 0 Å². The molecule has 0 radical (unpaired) electrons. The monoisotopic (exact) mass is 368 g/mol. The largest absolute Gasteiger partial charge is 0.477 e. The Bertz CT molecular complexity index is 406. The summed E-state index contributed by atoms with van der Waals surface area (Å²) >= 11 is 3.09. The second kappa shape index (κ2) is 7.63. The molecule has 0 bridgehead atoms. The summed E-state index contributed by atoms with van der Waals surface area (Å²) in [6.07, 6.45) is 0. The third-order valence-corrected chi connectivity index (χ3v) is 7.68. The summed E-state index contributed by atoms with van der Waals surface area (Å²) in [6, 6.07) is 0. The van der Waals surface area contributed by atoms with E-state index in [-0.39, 0.29) is 0 Å². The number of thioether (sulfide) groups is 2. The fourth-order valence-corrected chi connectivity index (χ4v) is 4.58. The van der Waals surface area contributed by atoms with Crippen LogP contribution in [0.15, 0.2) is 0 Å². The Morgan fingerprint density at radius 2 is 1.04 bits per heavy atom. The normalized spacial score (nSPS) is 18.1. The van der Waals surface area contributed by atoms with Gasteiger partial charge in [0.1, 0.15) is 0 Å². The minimum atomic E-state index is -0.874. The van der Waals surface area contributed by atoms with E-state index in [4.69, 9.17) is 0 Å². The van der Waals surface area contributed by atoms with E-state index in [1.807, 2.05) is 42.3 Å². The van der Waals surface area contributed by atoms with Gasteiger partial charge < -0.3 is 19.2 Å². The number of rotatable bonds is 10. The van der Waals surface area contributed by atoms with Crippen LogP contribution in [0.25, 0.3) is 0 Å². The van der Waals surface area contributed by atoms with Crippen LogP contribution in [0.2, 0.25) is 0 Å². The summed E-state index contributed by atoms with van der Waals surface area (Å²) in [5.74, 6) is -0.673. The van der Waals surface area contributed by atoms with Crippen molar-refractivity contribution >= 4 is 35.5 Å². The molecule has 2 unspecified atom stereocenters. The van der Waals surface area contributed by atoms with Gasteiger partial charge in [-0.1, -0.05) is 0 Å². The van der Waals surface area contributed by atoms with Crippen molar-refractivity contribution in [3.8, 4) is 0 Å². The molecule has 0 aromatic heterocycles. The SMILES string of the molecule is CC(CSCSCC(C)(C(=O)O)[N+](C)(C)C)(C(=O)O)[N+](C)(C)C. The van der Waals surface area contributed by atoms with Crippen LogP contribution in [-0.2, 0) is 9.59 Å². The molecule has 0 heterocycles. The van der Waals surface area contributed by atoms with E-state index >= 15 is 0 Å². The van der Waals surface area contributed by atoms with Gasteiger partial charge in [-0.2, -0.15) is 0 Å². The standard InChI is InChI=1S/C15H30N2O4S2/c1-14(12(18)19,16(3,4)5)9-22-11-23-10-15(2,13(20)21)17(6,7)8/h9-11H2,1-8H3/p+2. The molecular formula is C15H32N2O4S2+2. The van der Waals surface area contributed by atoms with Crippen molar-refractivity contribution < 1.29 is 28.8 Å². The molecule has 8 heteroatoms. The highest BCUT2D eigenvalue weighted by Crippen LogP contribution is 2.29. The molecule has 2 N–H and O–H groups in total. The van der Waals surface area contributed by atoms with Crippen molar-refractivity contribution in [3.05, 3.63) is 0 Å². The predicted molar refractivity (Wildman–Crippen MR) is 97.9 cm³/mol. The second-order valence-electron chi connectivity index (χ2n) is 8.00. The minimum Gasteiger partial charge on any atom is -0.477 e. The van der Waals surface area contributed by atoms with Crippen LogP contribution in [-0.4, -0.2) is 101 Å². The third kappa shape index (κ3) is 5.27. The van der Waals surface area contributed by atoms with Gasteiger partial charge in [-0.15, -0.1) is 23.5 Å². The van der Waals surface area contributed by atoms with E-state index in [9.17, 15) is 19.8 Å². The molecule has 136 valence electrons. The maximum absolute atomic E-state index is 11.6. The lowest BCUT2D eigenvalue weighted by molar-refractivity contribution is -0.908. The van der Waals surface area contributed by atoms with E-state index in [2.05, 4.69) is 0 Å². The van der Waals surface area contributed by atoms with Crippen molar-refractivity contribution in [2.75, 3.05) is 58.9 Å². The Morgan fingerprint density at radius 1 is 0.783 bits per heavy atom. The number of likely N-dealkylation sites (N-methyl/N-ethyl adjacent to an activating group) is 2. The number of carbonyl (C=O) groups is 2. The summed E-state index contributed by atoms with van der Waals surface area (Å²) < 4.78 is 0.678. The number of carboxylic acids is 2. The highest BCUT2D eigenvalue weighted by Gasteiger charge is 2.47. The van der Waals surface area contributed by atoms with Crippen molar-refractivity contribution in [3.63, 3.8) is 0 Å². The van der Waals surface area contributed by atoms with E-state index in [0.717, 1.165) is 0 Å². The lowest BCUT2D eigenvalue weighted by atomic mass is 10.0. The number of quaternary nitrogens is 2. The third-order valence-electron chi connectivity index (χ3n) is 4.82. The zero-order valence-electron chi connectivity index (χ0n) is 15.5. The van der Waals surface area contributed by atoms with Crippen molar-refractivity contribution in [1.82, 2.24) is 0 Å². The smallest absolute Gasteiger partial charge is 0.366 e. The van der Waals surface area contributed by atoms with Gasteiger partial charge in [0.25, 0.3) is 0 Å². The molecule has 0 rings (SSSR count). The maximum atomic E-state index is 11.6. The number of hydrogen-bond acceptors (Lipinski definition) is 4. The van der Waals surface area contributed by atoms with Gasteiger partial charge in [-0.05, 0) is 0 Å². The first-order valence-electron chi connectivity index (χ1n) is 7.35. The fourth-order valence-electron chi connectivity index (χ4n) is 1.62. The molecule has 23 heavy (non-hydrogen) atoms. The van der Waals surface area contributed by atoms with Crippen LogP contribution in [0.4, 0.5) is 0 Å². The Balaban J connectivity index is 4.64. The lowest BCUT2D eigenvalue weighted by Gasteiger charge is -2.41. The second-order valence-corrected chi connectivity index (χ2v) is 10.3. The van der Waals surface area contributed by atoms with Gasteiger partial charge in [0, 0.05) is 18.9 Å². The average molecular weight is 369 g/mol. The van der Waals surface area contributed by atoms with Gasteiger partial charge >= 0.3 is 11.9 Å².